The molecule has 168 valence electrons. The highest BCUT2D eigenvalue weighted by Gasteiger charge is 2.41. The Bertz CT molecular complexity index is 675. The number of rotatable bonds is 10. The Morgan fingerprint density at radius 1 is 1.10 bits per heavy atom. The molecule has 0 unspecified atom stereocenters. The van der Waals surface area contributed by atoms with Crippen molar-refractivity contribution in [1.82, 2.24) is 10.6 Å². The summed E-state index contributed by atoms with van der Waals surface area (Å²) in [6, 6.07) is 6.50. The zero-order chi connectivity index (χ0) is 21.4. The monoisotopic (exact) mass is 418 g/mol. The van der Waals surface area contributed by atoms with Crippen molar-refractivity contribution in [2.75, 3.05) is 59.0 Å². The highest BCUT2D eigenvalue weighted by atomic mass is 16.5. The van der Waals surface area contributed by atoms with Crippen molar-refractivity contribution in [1.29, 1.82) is 0 Å². The van der Waals surface area contributed by atoms with Crippen LogP contribution in [0.15, 0.2) is 23.2 Å². The molecule has 0 spiro atoms. The van der Waals surface area contributed by atoms with Crippen molar-refractivity contribution >= 4 is 11.6 Å². The fourth-order valence-corrected chi connectivity index (χ4v) is 4.00. The molecule has 0 bridgehead atoms. The summed E-state index contributed by atoms with van der Waals surface area (Å²) in [5.74, 6) is 2.60. The number of anilines is 1. The van der Waals surface area contributed by atoms with E-state index in [1.807, 2.05) is 6.07 Å². The Morgan fingerprint density at radius 3 is 2.30 bits per heavy atom. The van der Waals surface area contributed by atoms with E-state index in [9.17, 15) is 0 Å². The Labute approximate surface area is 181 Å². The van der Waals surface area contributed by atoms with Gasteiger partial charge in [0.1, 0.15) is 11.5 Å². The highest BCUT2D eigenvalue weighted by molar-refractivity contribution is 5.80. The van der Waals surface area contributed by atoms with Crippen molar-refractivity contribution in [2.45, 2.75) is 45.1 Å². The number of nitrogens with zero attached hydrogens (tertiary/aromatic N) is 2. The Kier molecular flexibility index (Phi) is 8.08. The van der Waals surface area contributed by atoms with Gasteiger partial charge in [-0.15, -0.1) is 0 Å². The summed E-state index contributed by atoms with van der Waals surface area (Å²) >= 11 is 0. The molecular weight excluding hydrogens is 380 g/mol. The summed E-state index contributed by atoms with van der Waals surface area (Å²) in [5, 5.41) is 7.08. The summed E-state index contributed by atoms with van der Waals surface area (Å²) in [4.78, 5) is 7.31. The van der Waals surface area contributed by atoms with Gasteiger partial charge in [0, 0.05) is 69.8 Å². The first-order valence-electron chi connectivity index (χ1n) is 11.1. The number of aliphatic imine (C=N–C) groups is 1. The number of hydrogen-bond acceptors (Lipinski definition) is 5. The van der Waals surface area contributed by atoms with Gasteiger partial charge < -0.3 is 29.7 Å². The van der Waals surface area contributed by atoms with Crippen molar-refractivity contribution in [2.24, 2.45) is 10.4 Å². The van der Waals surface area contributed by atoms with Crippen LogP contribution in [0.25, 0.3) is 0 Å². The maximum atomic E-state index is 5.42. The number of piperidine rings is 1. The van der Waals surface area contributed by atoms with Crippen LogP contribution in [0.5, 0.6) is 11.5 Å². The zero-order valence-corrected chi connectivity index (χ0v) is 19.0. The third-order valence-corrected chi connectivity index (χ3v) is 6.25. The molecule has 7 heteroatoms. The molecular formula is C23H38N4O3. The first-order chi connectivity index (χ1) is 14.6. The topological polar surface area (TPSA) is 67.4 Å². The lowest BCUT2D eigenvalue weighted by molar-refractivity contribution is 0.174. The molecule has 2 fully saturated rings. The molecule has 0 amide bonds. The molecule has 2 N–H and O–H groups in total. The molecule has 1 aliphatic carbocycles. The molecule has 1 saturated heterocycles. The number of ether oxygens (including phenoxy) is 3. The number of guanidine groups is 1. The molecule has 0 atom stereocenters. The summed E-state index contributed by atoms with van der Waals surface area (Å²) in [5.41, 5.74) is 1.52. The molecule has 1 saturated carbocycles. The van der Waals surface area contributed by atoms with Gasteiger partial charge in [-0.2, -0.15) is 0 Å². The van der Waals surface area contributed by atoms with Crippen LogP contribution in [-0.2, 0) is 4.74 Å². The summed E-state index contributed by atoms with van der Waals surface area (Å²) in [7, 11) is 5.16. The molecule has 1 aromatic carbocycles. The van der Waals surface area contributed by atoms with Crippen molar-refractivity contribution in [3.8, 4) is 11.5 Å². The van der Waals surface area contributed by atoms with Crippen LogP contribution in [0, 0.1) is 5.41 Å². The number of methoxy groups -OCH3 is 3. The van der Waals surface area contributed by atoms with E-state index in [0.717, 1.165) is 75.2 Å². The minimum absolute atomic E-state index is 0.368. The summed E-state index contributed by atoms with van der Waals surface area (Å²) in [6.07, 6.45) is 5.77. The lowest BCUT2D eigenvalue weighted by Crippen LogP contribution is -2.49. The molecule has 1 aliphatic heterocycles. The Morgan fingerprint density at radius 2 is 1.77 bits per heavy atom. The summed E-state index contributed by atoms with van der Waals surface area (Å²) < 4.78 is 16.1. The van der Waals surface area contributed by atoms with Crippen molar-refractivity contribution in [3.05, 3.63) is 18.2 Å². The SMILES string of the molecule is CCNC(=NCC1(CCOC)CC1)NC1CCN(c2cc(OC)cc(OC)c2)CC1. The van der Waals surface area contributed by atoms with E-state index in [2.05, 4.69) is 34.6 Å². The van der Waals surface area contributed by atoms with Crippen molar-refractivity contribution < 1.29 is 14.2 Å². The summed E-state index contributed by atoms with van der Waals surface area (Å²) in [6.45, 7) is 6.69. The second-order valence-corrected chi connectivity index (χ2v) is 8.41. The molecule has 7 nitrogen and oxygen atoms in total. The van der Waals surface area contributed by atoms with E-state index in [-0.39, 0.29) is 0 Å². The predicted octanol–water partition coefficient (Wildman–Crippen LogP) is 3.04. The van der Waals surface area contributed by atoms with Gasteiger partial charge in [0.25, 0.3) is 0 Å². The van der Waals surface area contributed by atoms with Crippen LogP contribution in [0.4, 0.5) is 5.69 Å². The van der Waals surface area contributed by atoms with Gasteiger partial charge in [0.05, 0.1) is 14.2 Å². The second kappa shape index (κ2) is 10.8. The smallest absolute Gasteiger partial charge is 0.191 e. The molecule has 1 heterocycles. The third kappa shape index (κ3) is 6.17. The van der Waals surface area contributed by atoms with E-state index >= 15 is 0 Å². The van der Waals surface area contributed by atoms with Crippen LogP contribution in [0.3, 0.4) is 0 Å². The fourth-order valence-electron chi connectivity index (χ4n) is 4.00. The normalized spacial score (nSPS) is 18.8. The van der Waals surface area contributed by atoms with Crippen LogP contribution in [0.2, 0.25) is 0 Å². The molecule has 30 heavy (non-hydrogen) atoms. The van der Waals surface area contributed by atoms with Gasteiger partial charge >= 0.3 is 0 Å². The largest absolute Gasteiger partial charge is 0.497 e. The third-order valence-electron chi connectivity index (χ3n) is 6.25. The fraction of sp³-hybridized carbons (Fsp3) is 0.696. The van der Waals surface area contributed by atoms with E-state index in [1.165, 1.54) is 12.8 Å². The Hall–Kier alpha value is -2.15. The number of nitrogens with one attached hydrogen (secondary N) is 2. The maximum Gasteiger partial charge on any atom is 0.191 e. The van der Waals surface area contributed by atoms with Crippen LogP contribution in [-0.4, -0.2) is 66.1 Å². The lowest BCUT2D eigenvalue weighted by atomic mass is 10.0. The van der Waals surface area contributed by atoms with E-state index in [0.29, 0.717) is 11.5 Å². The molecule has 3 rings (SSSR count). The maximum absolute atomic E-state index is 5.42. The molecule has 1 aromatic rings. The first-order valence-corrected chi connectivity index (χ1v) is 11.1. The lowest BCUT2D eigenvalue weighted by Gasteiger charge is -2.35. The van der Waals surface area contributed by atoms with Gasteiger partial charge in [-0.1, -0.05) is 0 Å². The van der Waals surface area contributed by atoms with Gasteiger partial charge in [-0.05, 0) is 44.4 Å². The van der Waals surface area contributed by atoms with Crippen LogP contribution in [0.1, 0.15) is 39.0 Å². The van der Waals surface area contributed by atoms with Crippen LogP contribution < -0.4 is 25.0 Å². The van der Waals surface area contributed by atoms with Crippen molar-refractivity contribution in [3.63, 3.8) is 0 Å². The van der Waals surface area contributed by atoms with Crippen LogP contribution >= 0.6 is 0 Å². The first kappa shape index (κ1) is 22.5. The second-order valence-electron chi connectivity index (χ2n) is 8.41. The number of benzene rings is 1. The highest BCUT2D eigenvalue weighted by Crippen LogP contribution is 2.49. The van der Waals surface area contributed by atoms with E-state index in [1.54, 1.807) is 21.3 Å². The van der Waals surface area contributed by atoms with Gasteiger partial charge in [-0.25, -0.2) is 0 Å². The number of hydrogen-bond donors (Lipinski definition) is 2. The van der Waals surface area contributed by atoms with E-state index < -0.39 is 0 Å². The standard InChI is InChI=1S/C23H38N4O3/c1-5-24-22(25-17-23(8-9-23)10-13-28-2)26-18-6-11-27(12-7-18)19-14-20(29-3)16-21(15-19)30-4/h14-16,18H,5-13,17H2,1-4H3,(H2,24,25,26). The minimum Gasteiger partial charge on any atom is -0.497 e. The molecule has 0 radical (unpaired) electrons. The average molecular weight is 419 g/mol. The Balaban J connectivity index is 1.54. The molecule has 2 aliphatic rings. The average Bonchev–Trinajstić information content (AvgIpc) is 3.56. The van der Waals surface area contributed by atoms with Gasteiger partial charge in [0.2, 0.25) is 0 Å². The van der Waals surface area contributed by atoms with Gasteiger partial charge in [-0.3, -0.25) is 4.99 Å². The molecule has 0 aromatic heterocycles. The van der Waals surface area contributed by atoms with Gasteiger partial charge in [0.15, 0.2) is 5.96 Å². The zero-order valence-electron chi connectivity index (χ0n) is 19.0. The predicted molar refractivity (Wildman–Crippen MR) is 122 cm³/mol. The quantitative estimate of drug-likeness (QED) is 0.450. The van der Waals surface area contributed by atoms with E-state index in [4.69, 9.17) is 19.2 Å². The minimum atomic E-state index is 0.368.